The van der Waals surface area contributed by atoms with Crippen molar-refractivity contribution in [2.75, 3.05) is 0 Å². The first-order valence-corrected chi connectivity index (χ1v) is 10.7. The largest absolute Gasteiger partial charge is 0.492 e. The summed E-state index contributed by atoms with van der Waals surface area (Å²) in [5, 5.41) is 10.8. The smallest absolute Gasteiger partial charge is 0.281 e. The van der Waals surface area contributed by atoms with Gasteiger partial charge < -0.3 is 5.11 Å². The molecule has 2 aromatic rings. The monoisotopic (exact) mass is 380 g/mol. The van der Waals surface area contributed by atoms with Crippen LogP contribution in [0, 0.1) is 23.7 Å². The van der Waals surface area contributed by atoms with Gasteiger partial charge in [-0.05, 0) is 80.0 Å². The molecular formula is C18H21ClN2O3S. The normalized spacial score (nSPS) is 33.9. The van der Waals surface area contributed by atoms with E-state index < -0.39 is 10.0 Å². The molecule has 7 heteroatoms. The second-order valence-corrected chi connectivity index (χ2v) is 10.2. The standard InChI is InChI=1S/C18H21ClN2O3S/c19-15-1-3-16(4-2-15)25(23,24)20-10-17(22)21(20)18-13-6-11-5-12(8-13)9-14(18)7-11/h1-4,10-14,18,22H,5-9H2. The molecule has 4 aliphatic carbocycles. The first kappa shape index (κ1) is 15.8. The lowest BCUT2D eigenvalue weighted by Crippen LogP contribution is -2.48. The Morgan fingerprint density at radius 3 is 2.04 bits per heavy atom. The van der Waals surface area contributed by atoms with E-state index in [0.717, 1.165) is 37.5 Å². The van der Waals surface area contributed by atoms with Crippen molar-refractivity contribution >= 4 is 21.6 Å². The molecule has 0 atom stereocenters. The van der Waals surface area contributed by atoms with Gasteiger partial charge in [0.1, 0.15) is 6.20 Å². The Labute approximate surface area is 152 Å². The first-order valence-electron chi connectivity index (χ1n) is 8.93. The maximum Gasteiger partial charge on any atom is 0.281 e. The molecule has 4 saturated carbocycles. The molecule has 0 aliphatic heterocycles. The van der Waals surface area contributed by atoms with Gasteiger partial charge in [0.2, 0.25) is 5.88 Å². The fourth-order valence-corrected chi connectivity index (χ4v) is 7.22. The number of rotatable bonds is 3. The summed E-state index contributed by atoms with van der Waals surface area (Å²) in [6.07, 6.45) is 7.31. The molecule has 1 N–H and O–H groups in total. The molecule has 134 valence electrons. The molecule has 5 nitrogen and oxygen atoms in total. The molecule has 4 bridgehead atoms. The van der Waals surface area contributed by atoms with Crippen LogP contribution in [0.1, 0.15) is 38.1 Å². The van der Waals surface area contributed by atoms with Gasteiger partial charge in [0.15, 0.2) is 0 Å². The van der Waals surface area contributed by atoms with Crippen molar-refractivity contribution in [3.05, 3.63) is 35.5 Å². The van der Waals surface area contributed by atoms with E-state index in [1.165, 1.54) is 28.8 Å². The van der Waals surface area contributed by atoms with E-state index in [1.807, 2.05) is 0 Å². The highest BCUT2D eigenvalue weighted by atomic mass is 35.5. The minimum absolute atomic E-state index is 0.0648. The SMILES string of the molecule is O=S(=O)(c1ccc(Cl)cc1)n1cc(O)n1C1C2CC3CC(C2)CC1C3. The van der Waals surface area contributed by atoms with Crippen LogP contribution in [0.5, 0.6) is 5.88 Å². The Bertz CT molecular complexity index is 885. The molecular weight excluding hydrogens is 360 g/mol. The quantitative estimate of drug-likeness (QED) is 0.878. The number of benzene rings is 1. The van der Waals surface area contributed by atoms with Crippen LogP contribution in [0.2, 0.25) is 5.02 Å². The number of nitrogens with zero attached hydrogens (tertiary/aromatic N) is 2. The van der Waals surface area contributed by atoms with Gasteiger partial charge >= 0.3 is 0 Å². The molecule has 0 radical (unpaired) electrons. The van der Waals surface area contributed by atoms with Gasteiger partial charge in [-0.15, -0.1) is 0 Å². The second-order valence-electron chi connectivity index (χ2n) is 7.98. The number of aromatic nitrogens is 2. The minimum atomic E-state index is -3.72. The Hall–Kier alpha value is -1.40. The Morgan fingerprint density at radius 1 is 0.960 bits per heavy atom. The summed E-state index contributed by atoms with van der Waals surface area (Å²) in [4.78, 5) is 0.189. The van der Waals surface area contributed by atoms with Crippen molar-refractivity contribution in [2.45, 2.75) is 43.0 Å². The Balaban J connectivity index is 1.54. The van der Waals surface area contributed by atoms with Crippen LogP contribution >= 0.6 is 11.6 Å². The summed E-state index contributed by atoms with van der Waals surface area (Å²) >= 11 is 5.87. The summed E-state index contributed by atoms with van der Waals surface area (Å²) in [6, 6.07) is 6.27. The van der Waals surface area contributed by atoms with Gasteiger partial charge in [0.25, 0.3) is 10.0 Å². The molecule has 0 amide bonds. The van der Waals surface area contributed by atoms with E-state index in [2.05, 4.69) is 0 Å². The molecule has 4 aliphatic rings. The highest BCUT2D eigenvalue weighted by molar-refractivity contribution is 7.89. The number of hydrogen-bond acceptors (Lipinski definition) is 3. The molecule has 25 heavy (non-hydrogen) atoms. The Morgan fingerprint density at radius 2 is 1.52 bits per heavy atom. The van der Waals surface area contributed by atoms with Gasteiger partial charge in [0.05, 0.1) is 10.9 Å². The second kappa shape index (κ2) is 5.30. The lowest BCUT2D eigenvalue weighted by molar-refractivity contribution is -0.0410. The van der Waals surface area contributed by atoms with E-state index in [9.17, 15) is 13.5 Å². The van der Waals surface area contributed by atoms with Crippen molar-refractivity contribution in [3.63, 3.8) is 0 Å². The fourth-order valence-electron chi connectivity index (χ4n) is 5.74. The van der Waals surface area contributed by atoms with Gasteiger partial charge in [-0.3, -0.25) is 0 Å². The van der Waals surface area contributed by atoms with E-state index in [1.54, 1.807) is 16.8 Å². The highest BCUT2D eigenvalue weighted by Gasteiger charge is 2.50. The summed E-state index contributed by atoms with van der Waals surface area (Å²) in [5.41, 5.74) is 0. The Kier molecular flexibility index (Phi) is 3.36. The van der Waals surface area contributed by atoms with Crippen LogP contribution in [0.25, 0.3) is 0 Å². The van der Waals surface area contributed by atoms with Crippen LogP contribution in [-0.4, -0.2) is 22.3 Å². The van der Waals surface area contributed by atoms with Crippen molar-refractivity contribution in [1.82, 2.24) is 8.77 Å². The van der Waals surface area contributed by atoms with Gasteiger partial charge in [-0.25, -0.2) is 4.68 Å². The summed E-state index contributed by atoms with van der Waals surface area (Å²) in [6.45, 7) is 0. The summed E-state index contributed by atoms with van der Waals surface area (Å²) < 4.78 is 28.9. The molecule has 1 aromatic heterocycles. The van der Waals surface area contributed by atoms with Crippen molar-refractivity contribution < 1.29 is 13.5 Å². The van der Waals surface area contributed by atoms with E-state index >= 15 is 0 Å². The van der Waals surface area contributed by atoms with Crippen LogP contribution in [0.4, 0.5) is 0 Å². The zero-order valence-corrected chi connectivity index (χ0v) is 15.3. The third-order valence-corrected chi connectivity index (χ3v) is 8.38. The molecule has 1 heterocycles. The highest BCUT2D eigenvalue weighted by Crippen LogP contribution is 2.59. The van der Waals surface area contributed by atoms with Gasteiger partial charge in [-0.1, -0.05) is 11.6 Å². The van der Waals surface area contributed by atoms with E-state index in [0.29, 0.717) is 16.9 Å². The van der Waals surface area contributed by atoms with E-state index in [-0.39, 0.29) is 16.8 Å². The lowest BCUT2D eigenvalue weighted by Gasteiger charge is -2.55. The topological polar surface area (TPSA) is 64.2 Å². The molecule has 0 saturated heterocycles. The van der Waals surface area contributed by atoms with Crippen molar-refractivity contribution in [1.29, 1.82) is 0 Å². The third-order valence-electron chi connectivity index (χ3n) is 6.49. The summed E-state index contributed by atoms with van der Waals surface area (Å²) in [7, 11) is -3.72. The number of hydrogen-bond donors (Lipinski definition) is 1. The van der Waals surface area contributed by atoms with Crippen LogP contribution < -0.4 is 0 Å². The maximum absolute atomic E-state index is 13.0. The van der Waals surface area contributed by atoms with Gasteiger partial charge in [-0.2, -0.15) is 12.5 Å². The first-order chi connectivity index (χ1) is 11.9. The molecule has 6 rings (SSSR count). The average Bonchev–Trinajstić information content (AvgIpc) is 2.55. The van der Waals surface area contributed by atoms with Crippen molar-refractivity contribution in [3.8, 4) is 5.88 Å². The van der Waals surface area contributed by atoms with Crippen LogP contribution in [-0.2, 0) is 10.0 Å². The van der Waals surface area contributed by atoms with E-state index in [4.69, 9.17) is 11.6 Å². The summed E-state index contributed by atoms with van der Waals surface area (Å²) in [5.74, 6) is 2.62. The fraction of sp³-hybridized carbons (Fsp3) is 0.556. The zero-order chi connectivity index (χ0) is 17.3. The zero-order valence-electron chi connectivity index (χ0n) is 13.8. The predicted octanol–water partition coefficient (Wildman–Crippen LogP) is 3.88. The molecule has 0 unspecified atom stereocenters. The predicted molar refractivity (Wildman–Crippen MR) is 94.2 cm³/mol. The van der Waals surface area contributed by atoms with Crippen LogP contribution in [0.15, 0.2) is 35.4 Å². The van der Waals surface area contributed by atoms with Crippen molar-refractivity contribution in [2.24, 2.45) is 23.7 Å². The maximum atomic E-state index is 13.0. The average molecular weight is 381 g/mol. The number of aromatic hydroxyl groups is 1. The molecule has 1 aromatic carbocycles. The van der Waals surface area contributed by atoms with Crippen LogP contribution in [0.3, 0.4) is 0 Å². The third kappa shape index (κ3) is 2.30. The molecule has 4 fully saturated rings. The minimum Gasteiger partial charge on any atom is -0.492 e. The number of halogens is 1. The molecule has 0 spiro atoms. The van der Waals surface area contributed by atoms with Gasteiger partial charge in [0, 0.05) is 5.02 Å². The lowest BCUT2D eigenvalue weighted by atomic mass is 9.54.